The summed E-state index contributed by atoms with van der Waals surface area (Å²) < 4.78 is 0. The van der Waals surface area contributed by atoms with Gasteiger partial charge in [-0.15, -0.1) is 0 Å². The molecule has 4 heavy (non-hydrogen) atoms. The van der Waals surface area contributed by atoms with Crippen molar-refractivity contribution in [2.75, 3.05) is 0 Å². The summed E-state index contributed by atoms with van der Waals surface area (Å²) in [6, 6.07) is 0. The van der Waals surface area contributed by atoms with Crippen molar-refractivity contribution in [1.29, 1.82) is 0 Å². The Bertz CT molecular complexity index is 6.00. The molecule has 0 aromatic heterocycles. The van der Waals surface area contributed by atoms with E-state index in [0.717, 1.165) is 0 Å². The molecule has 0 unspecified atom stereocenters. The van der Waals surface area contributed by atoms with Gasteiger partial charge in [-0.1, -0.05) is 0 Å². The van der Waals surface area contributed by atoms with Crippen molar-refractivity contribution < 1.29 is 36.5 Å². The van der Waals surface area contributed by atoms with Crippen molar-refractivity contribution in [2.24, 2.45) is 0 Å². The Morgan fingerprint density at radius 1 is 1.25 bits per heavy atom. The SMILES string of the molecule is [Br-].[CH-]=C.[Zn+2]. The topological polar surface area (TPSA) is 0 Å². The molecule has 0 nitrogen and oxygen atoms in total. The third kappa shape index (κ3) is 13.6. The van der Waals surface area contributed by atoms with Gasteiger partial charge in [-0.25, -0.2) is 0 Å². The summed E-state index contributed by atoms with van der Waals surface area (Å²) in [5, 5.41) is 0. The molecule has 0 saturated heterocycles. The number of halogens is 1. The van der Waals surface area contributed by atoms with Crippen LogP contribution in [0.15, 0.2) is 6.58 Å². The van der Waals surface area contributed by atoms with Crippen LogP contribution in [0.2, 0.25) is 0 Å². The van der Waals surface area contributed by atoms with Crippen LogP contribution in [-0.4, -0.2) is 0 Å². The molecule has 0 rings (SSSR count). The van der Waals surface area contributed by atoms with E-state index in [9.17, 15) is 0 Å². The van der Waals surface area contributed by atoms with Gasteiger partial charge in [0.05, 0.1) is 0 Å². The van der Waals surface area contributed by atoms with Crippen LogP contribution >= 0.6 is 0 Å². The summed E-state index contributed by atoms with van der Waals surface area (Å²) in [6.45, 7) is 7.00. The molecule has 0 aliphatic rings. The number of hydrogen-bond donors (Lipinski definition) is 0. The van der Waals surface area contributed by atoms with Crippen LogP contribution in [0.1, 0.15) is 0 Å². The molecular formula is C2H3BrZn. The monoisotopic (exact) mass is 170 g/mol. The molecule has 0 aromatic rings. The van der Waals surface area contributed by atoms with Gasteiger partial charge in [0.25, 0.3) is 0 Å². The maximum absolute atomic E-state index is 4.25. The summed E-state index contributed by atoms with van der Waals surface area (Å²) >= 11 is 0. The van der Waals surface area contributed by atoms with E-state index in [0.29, 0.717) is 0 Å². The van der Waals surface area contributed by atoms with E-state index in [4.69, 9.17) is 0 Å². The molecular weight excluding hydrogens is 169 g/mol. The van der Waals surface area contributed by atoms with Gasteiger partial charge in [-0.2, -0.15) is 0 Å². The molecule has 0 N–H and O–H groups in total. The molecule has 0 saturated carbocycles. The van der Waals surface area contributed by atoms with Crippen molar-refractivity contribution in [3.8, 4) is 0 Å². The Kier molecular flexibility index (Phi) is 230. The van der Waals surface area contributed by atoms with Crippen molar-refractivity contribution in [3.05, 3.63) is 13.2 Å². The van der Waals surface area contributed by atoms with Crippen molar-refractivity contribution in [1.82, 2.24) is 0 Å². The molecule has 0 fully saturated rings. The first kappa shape index (κ1) is 21.1. The summed E-state index contributed by atoms with van der Waals surface area (Å²) in [5.41, 5.74) is 0. The number of hydrogen-bond acceptors (Lipinski definition) is 0. The van der Waals surface area contributed by atoms with Crippen LogP contribution in [0.4, 0.5) is 0 Å². The zero-order chi connectivity index (χ0) is 2.00. The molecule has 0 radical (unpaired) electrons. The predicted molar refractivity (Wildman–Crippen MR) is 9.93 cm³/mol. The van der Waals surface area contributed by atoms with Gasteiger partial charge in [-0.3, -0.25) is 6.58 Å². The minimum atomic E-state index is 0. The third-order valence-corrected chi connectivity index (χ3v) is 0. The standard InChI is InChI=1S/C2H3.BrH.Zn/c1-2;;/h1H,2H2;1H;/q-1;;+2/p-1. The maximum atomic E-state index is 4.25. The fourth-order valence-corrected chi connectivity index (χ4v) is 0. The zero-order valence-corrected chi connectivity index (χ0v) is 6.92. The van der Waals surface area contributed by atoms with Gasteiger partial charge in [0.15, 0.2) is 0 Å². The van der Waals surface area contributed by atoms with Gasteiger partial charge >= 0.3 is 19.5 Å². The van der Waals surface area contributed by atoms with E-state index in [1.54, 1.807) is 0 Å². The Morgan fingerprint density at radius 2 is 1.25 bits per heavy atom. The van der Waals surface area contributed by atoms with Crippen LogP contribution in [0.5, 0.6) is 0 Å². The molecule has 0 aliphatic carbocycles. The number of rotatable bonds is 0. The Balaban J connectivity index is -0.00000000500. The average Bonchev–Trinajstić information content (AvgIpc) is 1.00. The van der Waals surface area contributed by atoms with E-state index in [2.05, 4.69) is 13.2 Å². The average molecular weight is 172 g/mol. The first-order valence-electron chi connectivity index (χ1n) is 0.408. The second kappa shape index (κ2) is 43.7. The second-order valence-corrected chi connectivity index (χ2v) is 0. The molecule has 0 spiro atoms. The van der Waals surface area contributed by atoms with Gasteiger partial charge in [0, 0.05) is 0 Å². The van der Waals surface area contributed by atoms with Crippen LogP contribution in [0.25, 0.3) is 0 Å². The van der Waals surface area contributed by atoms with Gasteiger partial charge in [0.1, 0.15) is 0 Å². The molecule has 0 atom stereocenters. The summed E-state index contributed by atoms with van der Waals surface area (Å²) in [6.07, 6.45) is 0. The maximum Gasteiger partial charge on any atom is 2.00 e. The minimum absolute atomic E-state index is 0. The van der Waals surface area contributed by atoms with Crippen LogP contribution in [-0.2, 0) is 19.5 Å². The molecule has 0 amide bonds. The molecule has 0 bridgehead atoms. The largest absolute Gasteiger partial charge is 2.00 e. The predicted octanol–water partition coefficient (Wildman–Crippen LogP) is -2.39. The van der Waals surface area contributed by atoms with Crippen LogP contribution in [0.3, 0.4) is 0 Å². The zero-order valence-electron chi connectivity index (χ0n) is 2.37. The molecule has 20 valence electrons. The minimum Gasteiger partial charge on any atom is -1.00 e. The second-order valence-electron chi connectivity index (χ2n) is 0. The van der Waals surface area contributed by atoms with Crippen molar-refractivity contribution in [2.45, 2.75) is 0 Å². The van der Waals surface area contributed by atoms with E-state index in [1.807, 2.05) is 0 Å². The van der Waals surface area contributed by atoms with Gasteiger partial charge < -0.3 is 23.6 Å². The Labute approximate surface area is 49.8 Å². The smallest absolute Gasteiger partial charge is 1.00 e. The van der Waals surface area contributed by atoms with E-state index in [1.165, 1.54) is 0 Å². The molecule has 0 aromatic carbocycles. The van der Waals surface area contributed by atoms with Crippen LogP contribution in [0, 0.1) is 6.58 Å². The van der Waals surface area contributed by atoms with Crippen molar-refractivity contribution >= 4 is 0 Å². The van der Waals surface area contributed by atoms with E-state index >= 15 is 0 Å². The van der Waals surface area contributed by atoms with Crippen molar-refractivity contribution in [3.63, 3.8) is 0 Å². The normalized spacial score (nSPS) is 1.00. The molecule has 0 heterocycles. The van der Waals surface area contributed by atoms with Crippen LogP contribution < -0.4 is 17.0 Å². The fourth-order valence-electron chi connectivity index (χ4n) is 0. The first-order valence-corrected chi connectivity index (χ1v) is 0.408. The first-order chi connectivity index (χ1) is 1.00. The third-order valence-electron chi connectivity index (χ3n) is 0. The molecule has 0 aliphatic heterocycles. The Hall–Kier alpha value is 0.843. The summed E-state index contributed by atoms with van der Waals surface area (Å²) in [5.74, 6) is 0. The van der Waals surface area contributed by atoms with E-state index in [-0.39, 0.29) is 36.5 Å². The summed E-state index contributed by atoms with van der Waals surface area (Å²) in [7, 11) is 0. The Morgan fingerprint density at radius 3 is 1.25 bits per heavy atom. The quantitative estimate of drug-likeness (QED) is 0.282. The van der Waals surface area contributed by atoms with Gasteiger partial charge in [-0.05, 0) is 0 Å². The fraction of sp³-hybridized carbons (Fsp3) is 0. The molecule has 2 heteroatoms. The summed E-state index contributed by atoms with van der Waals surface area (Å²) in [4.78, 5) is 0. The van der Waals surface area contributed by atoms with E-state index < -0.39 is 0 Å². The van der Waals surface area contributed by atoms with Gasteiger partial charge in [0.2, 0.25) is 0 Å².